The first kappa shape index (κ1) is 13.3. The van der Waals surface area contributed by atoms with Crippen molar-refractivity contribution in [1.29, 1.82) is 0 Å². The molecule has 0 radical (unpaired) electrons. The second kappa shape index (κ2) is 5.27. The van der Waals surface area contributed by atoms with Crippen LogP contribution in [0.25, 0.3) is 0 Å². The summed E-state index contributed by atoms with van der Waals surface area (Å²) in [5, 5.41) is 11.1. The van der Waals surface area contributed by atoms with E-state index in [2.05, 4.69) is 0 Å². The molecule has 0 aliphatic heterocycles. The lowest BCUT2D eigenvalue weighted by molar-refractivity contribution is 0.219. The minimum atomic E-state index is -0.947. The maximum absolute atomic E-state index is 13.2. The minimum absolute atomic E-state index is 0.386. The molecule has 0 aromatic heterocycles. The van der Waals surface area contributed by atoms with E-state index >= 15 is 0 Å². The summed E-state index contributed by atoms with van der Waals surface area (Å²) in [5.41, 5.74) is 1.86. The highest BCUT2D eigenvalue weighted by Crippen LogP contribution is 2.29. The van der Waals surface area contributed by atoms with E-state index in [9.17, 15) is 9.50 Å². The lowest BCUT2D eigenvalue weighted by atomic mass is 9.97. The third kappa shape index (κ3) is 2.83. The van der Waals surface area contributed by atoms with Crippen LogP contribution in [0.15, 0.2) is 36.4 Å². The number of aliphatic hydroxyl groups is 1. The van der Waals surface area contributed by atoms with E-state index in [1.54, 1.807) is 24.3 Å². The normalized spacial score (nSPS) is 12.5. The lowest BCUT2D eigenvalue weighted by Gasteiger charge is -2.15. The van der Waals surface area contributed by atoms with Crippen molar-refractivity contribution in [2.45, 2.75) is 13.0 Å². The summed E-state index contributed by atoms with van der Waals surface area (Å²) in [6, 6.07) is 9.11. The third-order valence-corrected chi connectivity index (χ3v) is 3.17. The zero-order chi connectivity index (χ0) is 13.3. The fraction of sp³-hybridized carbons (Fsp3) is 0.143. The van der Waals surface area contributed by atoms with Gasteiger partial charge in [0, 0.05) is 10.0 Å². The average Bonchev–Trinajstić information content (AvgIpc) is 2.30. The van der Waals surface area contributed by atoms with Gasteiger partial charge in [0.1, 0.15) is 11.9 Å². The molecule has 2 aromatic rings. The molecule has 1 atom stereocenters. The van der Waals surface area contributed by atoms with Crippen LogP contribution in [-0.4, -0.2) is 5.11 Å². The second-order valence-electron chi connectivity index (χ2n) is 4.11. The van der Waals surface area contributed by atoms with Gasteiger partial charge in [0.15, 0.2) is 0 Å². The van der Waals surface area contributed by atoms with Gasteiger partial charge in [0.05, 0.1) is 0 Å². The van der Waals surface area contributed by atoms with Crippen molar-refractivity contribution >= 4 is 23.2 Å². The van der Waals surface area contributed by atoms with Crippen molar-refractivity contribution in [2.75, 3.05) is 0 Å². The van der Waals surface area contributed by atoms with Gasteiger partial charge in [-0.2, -0.15) is 0 Å². The van der Waals surface area contributed by atoms with Gasteiger partial charge in [-0.05, 0) is 53.9 Å². The highest BCUT2D eigenvalue weighted by molar-refractivity contribution is 6.34. The zero-order valence-corrected chi connectivity index (χ0v) is 11.1. The maximum Gasteiger partial charge on any atom is 0.123 e. The highest BCUT2D eigenvalue weighted by Gasteiger charge is 2.15. The molecule has 94 valence electrons. The SMILES string of the molecule is Cc1ccc(F)cc1C(O)c1cc(Cl)cc(Cl)c1. The fourth-order valence-corrected chi connectivity index (χ4v) is 2.36. The minimum Gasteiger partial charge on any atom is -0.384 e. The summed E-state index contributed by atoms with van der Waals surface area (Å²) in [6.07, 6.45) is -0.947. The van der Waals surface area contributed by atoms with Crippen LogP contribution in [0.2, 0.25) is 10.0 Å². The monoisotopic (exact) mass is 284 g/mol. The van der Waals surface area contributed by atoms with Crippen LogP contribution in [0, 0.1) is 12.7 Å². The molecule has 2 rings (SSSR count). The molecule has 0 saturated carbocycles. The predicted molar refractivity (Wildman–Crippen MR) is 71.7 cm³/mol. The van der Waals surface area contributed by atoms with Crippen molar-refractivity contribution in [3.8, 4) is 0 Å². The number of halogens is 3. The number of hydrogen-bond donors (Lipinski definition) is 1. The Hall–Kier alpha value is -1.09. The lowest BCUT2D eigenvalue weighted by Crippen LogP contribution is -2.02. The third-order valence-electron chi connectivity index (χ3n) is 2.74. The van der Waals surface area contributed by atoms with Crippen molar-refractivity contribution < 1.29 is 9.50 Å². The van der Waals surface area contributed by atoms with Crippen molar-refractivity contribution in [1.82, 2.24) is 0 Å². The van der Waals surface area contributed by atoms with Gasteiger partial charge in [-0.25, -0.2) is 4.39 Å². The first-order valence-corrected chi connectivity index (χ1v) is 6.13. The van der Waals surface area contributed by atoms with Crippen LogP contribution in [0.5, 0.6) is 0 Å². The molecule has 0 amide bonds. The van der Waals surface area contributed by atoms with E-state index in [1.165, 1.54) is 12.1 Å². The van der Waals surface area contributed by atoms with Crippen LogP contribution in [-0.2, 0) is 0 Å². The molecular weight excluding hydrogens is 274 g/mol. The predicted octanol–water partition coefficient (Wildman–Crippen LogP) is 4.52. The second-order valence-corrected chi connectivity index (χ2v) is 4.98. The average molecular weight is 285 g/mol. The Bertz CT molecular complexity index is 564. The molecule has 0 fully saturated rings. The number of benzene rings is 2. The molecular formula is C14H11Cl2FO. The largest absolute Gasteiger partial charge is 0.384 e. The van der Waals surface area contributed by atoms with E-state index in [0.29, 0.717) is 21.2 Å². The van der Waals surface area contributed by atoms with E-state index in [1.807, 2.05) is 6.92 Å². The van der Waals surface area contributed by atoms with Crippen LogP contribution in [0.3, 0.4) is 0 Å². The smallest absolute Gasteiger partial charge is 0.123 e. The molecule has 2 aromatic carbocycles. The Kier molecular flexibility index (Phi) is 3.91. The van der Waals surface area contributed by atoms with Gasteiger partial charge >= 0.3 is 0 Å². The number of aryl methyl sites for hydroxylation is 1. The Morgan fingerprint density at radius 3 is 2.28 bits per heavy atom. The van der Waals surface area contributed by atoms with Crippen molar-refractivity contribution in [2.24, 2.45) is 0 Å². The van der Waals surface area contributed by atoms with Crippen LogP contribution < -0.4 is 0 Å². The first-order chi connectivity index (χ1) is 8.47. The van der Waals surface area contributed by atoms with Gasteiger partial charge in [-0.3, -0.25) is 0 Å². The molecule has 0 bridgehead atoms. The van der Waals surface area contributed by atoms with Gasteiger partial charge in [-0.15, -0.1) is 0 Å². The molecule has 18 heavy (non-hydrogen) atoms. The Balaban J connectivity index is 2.47. The van der Waals surface area contributed by atoms with E-state index < -0.39 is 6.10 Å². The van der Waals surface area contributed by atoms with E-state index in [0.717, 1.165) is 5.56 Å². The molecule has 0 saturated heterocycles. The number of hydrogen-bond acceptors (Lipinski definition) is 1. The summed E-state index contributed by atoms with van der Waals surface area (Å²) in [6.45, 7) is 1.81. The van der Waals surface area contributed by atoms with Crippen molar-refractivity contribution in [3.63, 3.8) is 0 Å². The first-order valence-electron chi connectivity index (χ1n) is 5.37. The van der Waals surface area contributed by atoms with Gasteiger partial charge in [0.25, 0.3) is 0 Å². The Labute approximate surface area is 115 Å². The summed E-state index contributed by atoms with van der Waals surface area (Å²) in [7, 11) is 0. The summed E-state index contributed by atoms with van der Waals surface area (Å²) >= 11 is 11.8. The maximum atomic E-state index is 13.2. The number of aliphatic hydroxyl groups excluding tert-OH is 1. The van der Waals surface area contributed by atoms with Crippen LogP contribution >= 0.6 is 23.2 Å². The standard InChI is InChI=1S/C14H11Cl2FO/c1-8-2-3-12(17)7-13(8)14(18)9-4-10(15)6-11(16)5-9/h2-7,14,18H,1H3. The van der Waals surface area contributed by atoms with Gasteiger partial charge < -0.3 is 5.11 Å². The fourth-order valence-electron chi connectivity index (χ4n) is 1.82. The molecule has 0 spiro atoms. The zero-order valence-electron chi connectivity index (χ0n) is 9.62. The summed E-state index contributed by atoms with van der Waals surface area (Å²) < 4.78 is 13.2. The van der Waals surface area contributed by atoms with Gasteiger partial charge in [0.2, 0.25) is 0 Å². The molecule has 1 N–H and O–H groups in total. The van der Waals surface area contributed by atoms with Gasteiger partial charge in [-0.1, -0.05) is 29.3 Å². The quantitative estimate of drug-likeness (QED) is 0.860. The molecule has 0 aliphatic carbocycles. The number of rotatable bonds is 2. The molecule has 1 nitrogen and oxygen atoms in total. The summed E-state index contributed by atoms with van der Waals surface area (Å²) in [4.78, 5) is 0. The van der Waals surface area contributed by atoms with Crippen molar-refractivity contribution in [3.05, 3.63) is 69.0 Å². The topological polar surface area (TPSA) is 20.2 Å². The molecule has 4 heteroatoms. The van der Waals surface area contributed by atoms with E-state index in [-0.39, 0.29) is 5.82 Å². The molecule has 1 unspecified atom stereocenters. The summed E-state index contributed by atoms with van der Waals surface area (Å²) in [5.74, 6) is -0.386. The Morgan fingerprint density at radius 1 is 1.06 bits per heavy atom. The molecule has 0 aliphatic rings. The van der Waals surface area contributed by atoms with Crippen LogP contribution in [0.1, 0.15) is 22.8 Å². The van der Waals surface area contributed by atoms with E-state index in [4.69, 9.17) is 23.2 Å². The highest BCUT2D eigenvalue weighted by atomic mass is 35.5. The molecule has 0 heterocycles. The Morgan fingerprint density at radius 2 is 1.67 bits per heavy atom. The van der Waals surface area contributed by atoms with Crippen LogP contribution in [0.4, 0.5) is 4.39 Å².